The zero-order chi connectivity index (χ0) is 9.68. The zero-order valence-corrected chi connectivity index (χ0v) is 9.06. The molecule has 0 aliphatic heterocycles. The van der Waals surface area contributed by atoms with Crippen LogP contribution in [-0.4, -0.2) is 13.6 Å². The van der Waals surface area contributed by atoms with Gasteiger partial charge in [-0.1, -0.05) is 37.1 Å². The van der Waals surface area contributed by atoms with Gasteiger partial charge < -0.3 is 5.32 Å². The van der Waals surface area contributed by atoms with Gasteiger partial charge in [-0.2, -0.15) is 0 Å². The van der Waals surface area contributed by atoms with Gasteiger partial charge in [0.15, 0.2) is 0 Å². The molecule has 0 unspecified atom stereocenters. The smallest absolute Gasteiger partial charge is 0.00145 e. The molecule has 1 rings (SSSR count). The third kappa shape index (κ3) is 3.35. The van der Waals surface area contributed by atoms with Gasteiger partial charge in [-0.25, -0.2) is 0 Å². The molecular formula is C12H21N. The largest absolute Gasteiger partial charge is 0.319 e. The number of hydrogen-bond donors (Lipinski definition) is 1. The molecule has 1 heteroatoms. The van der Waals surface area contributed by atoms with Crippen molar-refractivity contribution < 1.29 is 0 Å². The van der Waals surface area contributed by atoms with E-state index >= 15 is 0 Å². The van der Waals surface area contributed by atoms with Crippen LogP contribution in [0.1, 0.15) is 33.1 Å². The second kappa shape index (κ2) is 5.23. The second-order valence-electron chi connectivity index (χ2n) is 4.07. The number of hydrogen-bond acceptors (Lipinski definition) is 1. The molecule has 1 N–H and O–H groups in total. The zero-order valence-electron chi connectivity index (χ0n) is 9.06. The quantitative estimate of drug-likeness (QED) is 0.699. The molecule has 0 atom stereocenters. The molecule has 1 aliphatic rings. The molecular weight excluding hydrogens is 158 g/mol. The third-order valence-electron chi connectivity index (χ3n) is 2.71. The fourth-order valence-corrected chi connectivity index (χ4v) is 1.67. The normalized spacial score (nSPS) is 17.2. The molecule has 1 nitrogen and oxygen atoms in total. The molecule has 0 aromatic carbocycles. The summed E-state index contributed by atoms with van der Waals surface area (Å²) in [4.78, 5) is 0. The standard InChI is InChI=1S/C12H21N/c1-10(2)12-6-4-11(5-7-12)8-9-13-3/h4,6,10,13H,5,7-9H2,1-3H3. The topological polar surface area (TPSA) is 12.0 Å². The minimum Gasteiger partial charge on any atom is -0.319 e. The van der Waals surface area contributed by atoms with Gasteiger partial charge in [-0.05, 0) is 38.8 Å². The van der Waals surface area contributed by atoms with Crippen molar-refractivity contribution >= 4 is 0 Å². The molecule has 0 bridgehead atoms. The Morgan fingerprint density at radius 1 is 1.31 bits per heavy atom. The summed E-state index contributed by atoms with van der Waals surface area (Å²) in [6, 6.07) is 0. The van der Waals surface area contributed by atoms with Crippen molar-refractivity contribution in [2.45, 2.75) is 33.1 Å². The van der Waals surface area contributed by atoms with E-state index in [0.29, 0.717) is 0 Å². The summed E-state index contributed by atoms with van der Waals surface area (Å²) in [5, 5.41) is 3.19. The summed E-state index contributed by atoms with van der Waals surface area (Å²) >= 11 is 0. The maximum atomic E-state index is 3.19. The highest BCUT2D eigenvalue weighted by Crippen LogP contribution is 2.25. The Kier molecular flexibility index (Phi) is 4.23. The maximum absolute atomic E-state index is 3.19. The molecule has 13 heavy (non-hydrogen) atoms. The SMILES string of the molecule is CNCCC1=CC=C(C(C)C)CC1. The van der Waals surface area contributed by atoms with Crippen LogP contribution in [0.2, 0.25) is 0 Å². The van der Waals surface area contributed by atoms with Crippen LogP contribution in [-0.2, 0) is 0 Å². The highest BCUT2D eigenvalue weighted by atomic mass is 14.8. The van der Waals surface area contributed by atoms with Gasteiger partial charge in [0, 0.05) is 0 Å². The Morgan fingerprint density at radius 3 is 2.54 bits per heavy atom. The van der Waals surface area contributed by atoms with Gasteiger partial charge in [0.05, 0.1) is 0 Å². The third-order valence-corrected chi connectivity index (χ3v) is 2.71. The van der Waals surface area contributed by atoms with Crippen LogP contribution < -0.4 is 5.32 Å². The molecule has 0 spiro atoms. The van der Waals surface area contributed by atoms with Crippen LogP contribution in [0.5, 0.6) is 0 Å². The fourth-order valence-electron chi connectivity index (χ4n) is 1.67. The Hall–Kier alpha value is -0.560. The van der Waals surface area contributed by atoms with E-state index in [-0.39, 0.29) is 0 Å². The summed E-state index contributed by atoms with van der Waals surface area (Å²) in [6.07, 6.45) is 8.38. The predicted octanol–water partition coefficient (Wildman–Crippen LogP) is 2.90. The Balaban J connectivity index is 2.45. The van der Waals surface area contributed by atoms with Crippen molar-refractivity contribution in [1.82, 2.24) is 5.32 Å². The van der Waals surface area contributed by atoms with E-state index in [1.54, 1.807) is 11.1 Å². The van der Waals surface area contributed by atoms with Crippen LogP contribution >= 0.6 is 0 Å². The van der Waals surface area contributed by atoms with Gasteiger partial charge in [0.2, 0.25) is 0 Å². The summed E-state index contributed by atoms with van der Waals surface area (Å²) in [6.45, 7) is 5.66. The van der Waals surface area contributed by atoms with Crippen molar-refractivity contribution in [1.29, 1.82) is 0 Å². The molecule has 74 valence electrons. The molecule has 0 heterocycles. The highest BCUT2D eigenvalue weighted by Gasteiger charge is 2.08. The highest BCUT2D eigenvalue weighted by molar-refractivity contribution is 5.25. The first-order valence-corrected chi connectivity index (χ1v) is 5.27. The van der Waals surface area contributed by atoms with Crippen molar-refractivity contribution in [2.24, 2.45) is 5.92 Å². The summed E-state index contributed by atoms with van der Waals surface area (Å²) in [7, 11) is 2.01. The lowest BCUT2D eigenvalue weighted by Gasteiger charge is -2.17. The van der Waals surface area contributed by atoms with E-state index < -0.39 is 0 Å². The molecule has 1 aliphatic carbocycles. The summed E-state index contributed by atoms with van der Waals surface area (Å²) in [5.41, 5.74) is 3.20. The molecule has 0 radical (unpaired) electrons. The van der Waals surface area contributed by atoms with Crippen LogP contribution in [0.25, 0.3) is 0 Å². The Morgan fingerprint density at radius 2 is 2.08 bits per heavy atom. The van der Waals surface area contributed by atoms with E-state index in [1.165, 1.54) is 19.3 Å². The average Bonchev–Trinajstić information content (AvgIpc) is 2.15. The van der Waals surface area contributed by atoms with Crippen LogP contribution in [0.4, 0.5) is 0 Å². The van der Waals surface area contributed by atoms with Gasteiger partial charge in [0.25, 0.3) is 0 Å². The van der Waals surface area contributed by atoms with Crippen LogP contribution in [0.15, 0.2) is 23.3 Å². The number of rotatable bonds is 4. The van der Waals surface area contributed by atoms with Crippen LogP contribution in [0, 0.1) is 5.92 Å². The van der Waals surface area contributed by atoms with E-state index in [4.69, 9.17) is 0 Å². The maximum Gasteiger partial charge on any atom is -0.00145 e. The van der Waals surface area contributed by atoms with E-state index in [9.17, 15) is 0 Å². The first-order valence-electron chi connectivity index (χ1n) is 5.27. The van der Waals surface area contributed by atoms with Crippen LogP contribution in [0.3, 0.4) is 0 Å². The Labute approximate surface area is 81.9 Å². The minimum atomic E-state index is 0.724. The lowest BCUT2D eigenvalue weighted by molar-refractivity contribution is 0.679. The van der Waals surface area contributed by atoms with Crippen molar-refractivity contribution in [3.63, 3.8) is 0 Å². The summed E-state index contributed by atoms with van der Waals surface area (Å²) in [5.74, 6) is 0.724. The van der Waals surface area contributed by atoms with Gasteiger partial charge in [-0.3, -0.25) is 0 Å². The summed E-state index contributed by atoms with van der Waals surface area (Å²) < 4.78 is 0. The lowest BCUT2D eigenvalue weighted by atomic mass is 9.90. The number of allylic oxidation sites excluding steroid dienone is 3. The first-order chi connectivity index (χ1) is 6.24. The average molecular weight is 179 g/mol. The van der Waals surface area contributed by atoms with Gasteiger partial charge in [0.1, 0.15) is 0 Å². The predicted molar refractivity (Wildman–Crippen MR) is 58.8 cm³/mol. The minimum absolute atomic E-state index is 0.724. The molecule has 0 saturated heterocycles. The molecule has 0 fully saturated rings. The number of nitrogens with one attached hydrogen (secondary N) is 1. The van der Waals surface area contributed by atoms with E-state index in [0.717, 1.165) is 12.5 Å². The first kappa shape index (κ1) is 10.5. The molecule has 0 amide bonds. The Bertz CT molecular complexity index is 211. The van der Waals surface area contributed by atoms with Gasteiger partial charge >= 0.3 is 0 Å². The molecule has 0 aromatic heterocycles. The monoisotopic (exact) mass is 179 g/mol. The molecule has 0 aromatic rings. The van der Waals surface area contributed by atoms with E-state index in [1.807, 2.05) is 7.05 Å². The second-order valence-corrected chi connectivity index (χ2v) is 4.07. The van der Waals surface area contributed by atoms with Gasteiger partial charge in [-0.15, -0.1) is 0 Å². The van der Waals surface area contributed by atoms with E-state index in [2.05, 4.69) is 31.3 Å². The fraction of sp³-hybridized carbons (Fsp3) is 0.667. The van der Waals surface area contributed by atoms with Crippen molar-refractivity contribution in [2.75, 3.05) is 13.6 Å². The molecule has 0 saturated carbocycles. The van der Waals surface area contributed by atoms with Crippen molar-refractivity contribution in [3.8, 4) is 0 Å². The van der Waals surface area contributed by atoms with Crippen molar-refractivity contribution in [3.05, 3.63) is 23.3 Å². The lowest BCUT2D eigenvalue weighted by Crippen LogP contribution is -2.09.